The van der Waals surface area contributed by atoms with Gasteiger partial charge in [0.2, 0.25) is 0 Å². The van der Waals surface area contributed by atoms with E-state index in [9.17, 15) is 9.90 Å². The molecule has 0 aliphatic heterocycles. The molecule has 1 unspecified atom stereocenters. The maximum atomic E-state index is 10.1. The van der Waals surface area contributed by atoms with Crippen LogP contribution in [-0.4, -0.2) is 17.0 Å². The van der Waals surface area contributed by atoms with E-state index in [2.05, 4.69) is 0 Å². The minimum Gasteiger partial charge on any atom is -0.389 e. The third kappa shape index (κ3) is 2.10. The summed E-state index contributed by atoms with van der Waals surface area (Å²) in [5.74, 6) is 0. The molecule has 10 heavy (non-hydrogen) atoms. The SMILES string of the molecule is CC(C)(C)C(C)(O)CC=O. The van der Waals surface area contributed by atoms with Gasteiger partial charge >= 0.3 is 0 Å². The fourth-order valence-electron chi connectivity index (χ4n) is 0.468. The topological polar surface area (TPSA) is 37.3 Å². The molecule has 0 aromatic carbocycles. The molecule has 0 spiro atoms. The second-order valence-electron chi connectivity index (χ2n) is 3.89. The number of hydrogen-bond acceptors (Lipinski definition) is 2. The Morgan fingerprint density at radius 1 is 1.30 bits per heavy atom. The Hall–Kier alpha value is -0.370. The monoisotopic (exact) mass is 144 g/mol. The van der Waals surface area contributed by atoms with Gasteiger partial charge in [-0.05, 0) is 12.3 Å². The van der Waals surface area contributed by atoms with E-state index in [0.29, 0.717) is 0 Å². The Bertz CT molecular complexity index is 120. The number of carbonyl (C=O) groups is 1. The lowest BCUT2D eigenvalue weighted by molar-refractivity contribution is -0.117. The number of carbonyl (C=O) groups excluding carboxylic acids is 1. The van der Waals surface area contributed by atoms with Crippen LogP contribution in [-0.2, 0) is 4.79 Å². The minimum absolute atomic E-state index is 0.205. The van der Waals surface area contributed by atoms with Crippen LogP contribution >= 0.6 is 0 Å². The third-order valence-electron chi connectivity index (χ3n) is 2.10. The van der Waals surface area contributed by atoms with Gasteiger partial charge in [0.15, 0.2) is 0 Å². The average molecular weight is 144 g/mol. The van der Waals surface area contributed by atoms with Crippen molar-refractivity contribution in [1.29, 1.82) is 0 Å². The van der Waals surface area contributed by atoms with Crippen molar-refractivity contribution < 1.29 is 9.90 Å². The van der Waals surface area contributed by atoms with E-state index in [0.717, 1.165) is 6.29 Å². The first kappa shape index (κ1) is 9.63. The molecular formula is C8H16O2. The molecule has 0 radical (unpaired) electrons. The van der Waals surface area contributed by atoms with Gasteiger partial charge in [-0.2, -0.15) is 0 Å². The molecule has 1 N–H and O–H groups in total. The molecule has 0 rings (SSSR count). The minimum atomic E-state index is -0.880. The fourth-order valence-corrected chi connectivity index (χ4v) is 0.468. The van der Waals surface area contributed by atoms with Crippen LogP contribution < -0.4 is 0 Å². The molecule has 0 aliphatic rings. The number of rotatable bonds is 2. The Morgan fingerprint density at radius 2 is 1.70 bits per heavy atom. The summed E-state index contributed by atoms with van der Waals surface area (Å²) in [5, 5.41) is 9.62. The van der Waals surface area contributed by atoms with Crippen molar-refractivity contribution in [1.82, 2.24) is 0 Å². The highest BCUT2D eigenvalue weighted by Gasteiger charge is 2.34. The van der Waals surface area contributed by atoms with Gasteiger partial charge < -0.3 is 9.90 Å². The maximum absolute atomic E-state index is 10.1. The summed E-state index contributed by atoms with van der Waals surface area (Å²) in [6.07, 6.45) is 0.960. The Balaban J connectivity index is 4.23. The first-order valence-electron chi connectivity index (χ1n) is 3.47. The van der Waals surface area contributed by atoms with E-state index in [-0.39, 0.29) is 11.8 Å². The van der Waals surface area contributed by atoms with Crippen molar-refractivity contribution in [2.75, 3.05) is 0 Å². The summed E-state index contributed by atoms with van der Waals surface area (Å²) in [6.45, 7) is 7.42. The van der Waals surface area contributed by atoms with E-state index in [1.807, 2.05) is 20.8 Å². The zero-order valence-corrected chi connectivity index (χ0v) is 7.14. The zero-order valence-electron chi connectivity index (χ0n) is 7.14. The first-order valence-corrected chi connectivity index (χ1v) is 3.47. The fraction of sp³-hybridized carbons (Fsp3) is 0.875. The van der Waals surface area contributed by atoms with Crippen molar-refractivity contribution in [2.24, 2.45) is 5.41 Å². The van der Waals surface area contributed by atoms with Gasteiger partial charge in [0.1, 0.15) is 6.29 Å². The van der Waals surface area contributed by atoms with Gasteiger partial charge in [-0.3, -0.25) is 0 Å². The van der Waals surface area contributed by atoms with Gasteiger partial charge in [0, 0.05) is 6.42 Å². The molecule has 0 aromatic rings. The van der Waals surface area contributed by atoms with Crippen LogP contribution in [0.3, 0.4) is 0 Å². The number of hydrogen-bond donors (Lipinski definition) is 1. The summed E-state index contributed by atoms with van der Waals surface area (Å²) in [4.78, 5) is 10.1. The predicted molar refractivity (Wildman–Crippen MR) is 40.8 cm³/mol. The third-order valence-corrected chi connectivity index (χ3v) is 2.10. The standard InChI is InChI=1S/C8H16O2/c1-7(2,3)8(4,10)5-6-9/h6,10H,5H2,1-4H3. The van der Waals surface area contributed by atoms with Crippen molar-refractivity contribution >= 4 is 6.29 Å². The quantitative estimate of drug-likeness (QED) is 0.594. The summed E-state index contributed by atoms with van der Waals surface area (Å²) in [7, 11) is 0. The van der Waals surface area contributed by atoms with Crippen LogP contribution in [0.1, 0.15) is 34.1 Å². The maximum Gasteiger partial charge on any atom is 0.122 e. The van der Waals surface area contributed by atoms with E-state index in [1.165, 1.54) is 0 Å². The van der Waals surface area contributed by atoms with Crippen molar-refractivity contribution in [3.8, 4) is 0 Å². The molecule has 0 aliphatic carbocycles. The second-order valence-corrected chi connectivity index (χ2v) is 3.89. The van der Waals surface area contributed by atoms with Crippen LogP contribution in [0.5, 0.6) is 0 Å². The molecule has 0 saturated heterocycles. The van der Waals surface area contributed by atoms with Crippen LogP contribution in [0.2, 0.25) is 0 Å². The second kappa shape index (κ2) is 2.70. The smallest absolute Gasteiger partial charge is 0.122 e. The molecule has 0 amide bonds. The molecule has 60 valence electrons. The van der Waals surface area contributed by atoms with Crippen molar-refractivity contribution in [3.05, 3.63) is 0 Å². The molecule has 2 heteroatoms. The molecule has 0 bridgehead atoms. The lowest BCUT2D eigenvalue weighted by atomic mass is 9.76. The van der Waals surface area contributed by atoms with Crippen molar-refractivity contribution in [3.63, 3.8) is 0 Å². The van der Waals surface area contributed by atoms with Gasteiger partial charge in [-0.1, -0.05) is 20.8 Å². The van der Waals surface area contributed by atoms with E-state index in [4.69, 9.17) is 0 Å². The van der Waals surface area contributed by atoms with E-state index >= 15 is 0 Å². The summed E-state index contributed by atoms with van der Waals surface area (Å²) >= 11 is 0. The normalized spacial score (nSPS) is 18.1. The molecule has 1 atom stereocenters. The van der Waals surface area contributed by atoms with Crippen molar-refractivity contribution in [2.45, 2.75) is 39.7 Å². The highest BCUT2D eigenvalue weighted by atomic mass is 16.3. The summed E-state index contributed by atoms with van der Waals surface area (Å²) in [5.41, 5.74) is -1.11. The largest absolute Gasteiger partial charge is 0.389 e. The summed E-state index contributed by atoms with van der Waals surface area (Å²) < 4.78 is 0. The van der Waals surface area contributed by atoms with Gasteiger partial charge in [0.25, 0.3) is 0 Å². The van der Waals surface area contributed by atoms with E-state index in [1.54, 1.807) is 6.92 Å². The molecular weight excluding hydrogens is 128 g/mol. The van der Waals surface area contributed by atoms with Crippen LogP contribution in [0.15, 0.2) is 0 Å². The van der Waals surface area contributed by atoms with Crippen LogP contribution in [0, 0.1) is 5.41 Å². The van der Waals surface area contributed by atoms with Gasteiger partial charge in [0.05, 0.1) is 5.60 Å². The molecule has 0 aromatic heterocycles. The lowest BCUT2D eigenvalue weighted by Gasteiger charge is -2.35. The lowest BCUT2D eigenvalue weighted by Crippen LogP contribution is -2.39. The highest BCUT2D eigenvalue weighted by Crippen LogP contribution is 2.31. The molecule has 2 nitrogen and oxygen atoms in total. The summed E-state index contributed by atoms with van der Waals surface area (Å²) in [6, 6.07) is 0. The number of aldehydes is 1. The van der Waals surface area contributed by atoms with Crippen LogP contribution in [0.4, 0.5) is 0 Å². The Labute approximate surface area is 62.2 Å². The van der Waals surface area contributed by atoms with Gasteiger partial charge in [-0.25, -0.2) is 0 Å². The Kier molecular flexibility index (Phi) is 2.60. The molecule has 0 saturated carbocycles. The zero-order chi connectivity index (χ0) is 8.41. The first-order chi connectivity index (χ1) is 4.31. The Morgan fingerprint density at radius 3 is 1.80 bits per heavy atom. The highest BCUT2D eigenvalue weighted by molar-refractivity contribution is 5.51. The molecule has 0 heterocycles. The average Bonchev–Trinajstić information content (AvgIpc) is 1.61. The molecule has 0 fully saturated rings. The predicted octanol–water partition coefficient (Wildman–Crippen LogP) is 1.37. The van der Waals surface area contributed by atoms with Gasteiger partial charge in [-0.15, -0.1) is 0 Å². The van der Waals surface area contributed by atoms with E-state index < -0.39 is 5.60 Å². The van der Waals surface area contributed by atoms with Crippen LogP contribution in [0.25, 0.3) is 0 Å². The number of aliphatic hydroxyl groups is 1.